The Balaban J connectivity index is 1.51. The Morgan fingerprint density at radius 1 is 1.03 bits per heavy atom. The molecule has 8 heteroatoms. The number of hydrogen-bond donors (Lipinski definition) is 0. The molecule has 0 radical (unpaired) electrons. The van der Waals surface area contributed by atoms with Crippen molar-refractivity contribution in [3.05, 3.63) is 90.5 Å². The fourth-order valence-electron chi connectivity index (χ4n) is 3.24. The van der Waals surface area contributed by atoms with Crippen molar-refractivity contribution in [3.8, 4) is 21.1 Å². The molecule has 4 heterocycles. The van der Waals surface area contributed by atoms with Gasteiger partial charge in [0.1, 0.15) is 11.3 Å². The summed E-state index contributed by atoms with van der Waals surface area (Å²) in [7, 11) is 0. The van der Waals surface area contributed by atoms with E-state index in [4.69, 9.17) is 19.4 Å². The van der Waals surface area contributed by atoms with E-state index in [1.54, 1.807) is 30.0 Å². The minimum Gasteiger partial charge on any atom is -0.459 e. The third-order valence-corrected chi connectivity index (χ3v) is 5.96. The molecule has 0 amide bonds. The zero-order chi connectivity index (χ0) is 21.0. The molecule has 1 aliphatic heterocycles. The molecule has 0 saturated heterocycles. The fourth-order valence-corrected chi connectivity index (χ4v) is 4.27. The standard InChI is InChI=1S/C23H19N5O2S/c1-16-21(31-22(26-16)18-8-5-10-24-12-18)19-9-11-25-23(27-19)28(20-14-29-15-30-20)13-17-6-3-2-4-7-17/h2-12,14H,13,15H2,1H3. The summed E-state index contributed by atoms with van der Waals surface area (Å²) in [4.78, 5) is 21.2. The molecular weight excluding hydrogens is 410 g/mol. The highest BCUT2D eigenvalue weighted by atomic mass is 32.1. The number of hydrogen-bond acceptors (Lipinski definition) is 8. The van der Waals surface area contributed by atoms with Gasteiger partial charge in [0.25, 0.3) is 0 Å². The van der Waals surface area contributed by atoms with Crippen LogP contribution in [-0.4, -0.2) is 26.7 Å². The summed E-state index contributed by atoms with van der Waals surface area (Å²) in [6, 6.07) is 15.9. The number of anilines is 1. The van der Waals surface area contributed by atoms with E-state index in [1.165, 1.54) is 0 Å². The Bertz CT molecular complexity index is 1210. The summed E-state index contributed by atoms with van der Waals surface area (Å²) in [6.45, 7) is 2.73. The van der Waals surface area contributed by atoms with Crippen LogP contribution in [-0.2, 0) is 16.0 Å². The topological polar surface area (TPSA) is 73.3 Å². The van der Waals surface area contributed by atoms with E-state index in [1.807, 2.05) is 54.4 Å². The van der Waals surface area contributed by atoms with Crippen LogP contribution in [0.15, 0.2) is 79.3 Å². The number of rotatable bonds is 6. The third kappa shape index (κ3) is 4.10. The Kier molecular flexibility index (Phi) is 5.28. The molecule has 0 fully saturated rings. The van der Waals surface area contributed by atoms with Gasteiger partial charge in [0.2, 0.25) is 18.6 Å². The first-order valence-corrected chi connectivity index (χ1v) is 10.6. The Labute approximate surface area is 183 Å². The molecule has 0 bridgehead atoms. The first-order chi connectivity index (χ1) is 15.3. The molecule has 0 atom stereocenters. The van der Waals surface area contributed by atoms with Crippen molar-refractivity contribution in [2.24, 2.45) is 0 Å². The molecule has 31 heavy (non-hydrogen) atoms. The van der Waals surface area contributed by atoms with Crippen molar-refractivity contribution in [2.45, 2.75) is 13.5 Å². The molecule has 7 nitrogen and oxygen atoms in total. The van der Waals surface area contributed by atoms with Crippen molar-refractivity contribution in [1.82, 2.24) is 19.9 Å². The van der Waals surface area contributed by atoms with Gasteiger partial charge in [0.15, 0.2) is 0 Å². The molecule has 0 saturated carbocycles. The van der Waals surface area contributed by atoms with Gasteiger partial charge < -0.3 is 9.47 Å². The quantitative estimate of drug-likeness (QED) is 0.437. The van der Waals surface area contributed by atoms with Crippen LogP contribution in [0.2, 0.25) is 0 Å². The van der Waals surface area contributed by atoms with Gasteiger partial charge in [-0.05, 0) is 30.7 Å². The number of benzene rings is 1. The molecule has 0 spiro atoms. The van der Waals surface area contributed by atoms with E-state index in [-0.39, 0.29) is 6.79 Å². The maximum absolute atomic E-state index is 5.64. The Morgan fingerprint density at radius 3 is 2.71 bits per heavy atom. The van der Waals surface area contributed by atoms with E-state index in [0.29, 0.717) is 18.4 Å². The van der Waals surface area contributed by atoms with Gasteiger partial charge in [-0.1, -0.05) is 30.3 Å². The van der Waals surface area contributed by atoms with Crippen LogP contribution >= 0.6 is 11.3 Å². The van der Waals surface area contributed by atoms with Crippen LogP contribution in [0.4, 0.5) is 5.95 Å². The lowest BCUT2D eigenvalue weighted by atomic mass is 10.2. The highest BCUT2D eigenvalue weighted by molar-refractivity contribution is 7.18. The zero-order valence-corrected chi connectivity index (χ0v) is 17.6. The van der Waals surface area contributed by atoms with E-state index in [0.717, 1.165) is 32.4 Å². The van der Waals surface area contributed by atoms with Gasteiger partial charge in [0.05, 0.1) is 22.8 Å². The number of nitrogens with zero attached hydrogens (tertiary/aromatic N) is 5. The Hall–Kier alpha value is -3.78. The average Bonchev–Trinajstić information content (AvgIpc) is 3.49. The molecule has 0 N–H and O–H groups in total. The van der Waals surface area contributed by atoms with Crippen LogP contribution in [0, 0.1) is 6.92 Å². The maximum atomic E-state index is 5.64. The number of pyridine rings is 1. The molecule has 0 aliphatic carbocycles. The van der Waals surface area contributed by atoms with Gasteiger partial charge in [-0.3, -0.25) is 9.88 Å². The minimum atomic E-state index is 0.183. The Morgan fingerprint density at radius 2 is 1.94 bits per heavy atom. The normalized spacial score (nSPS) is 12.7. The highest BCUT2D eigenvalue weighted by Gasteiger charge is 2.22. The van der Waals surface area contributed by atoms with Crippen molar-refractivity contribution in [3.63, 3.8) is 0 Å². The zero-order valence-electron chi connectivity index (χ0n) is 16.8. The van der Waals surface area contributed by atoms with Gasteiger partial charge in [-0.2, -0.15) is 0 Å². The van der Waals surface area contributed by atoms with Gasteiger partial charge in [0, 0.05) is 24.2 Å². The second kappa shape index (κ2) is 8.53. The molecule has 0 unspecified atom stereocenters. The lowest BCUT2D eigenvalue weighted by Gasteiger charge is -2.22. The third-order valence-electron chi connectivity index (χ3n) is 4.73. The van der Waals surface area contributed by atoms with Crippen molar-refractivity contribution >= 4 is 17.3 Å². The smallest absolute Gasteiger partial charge is 0.235 e. The predicted molar refractivity (Wildman–Crippen MR) is 119 cm³/mol. The molecule has 1 aliphatic rings. The van der Waals surface area contributed by atoms with Crippen LogP contribution in [0.1, 0.15) is 11.3 Å². The van der Waals surface area contributed by atoms with E-state index < -0.39 is 0 Å². The van der Waals surface area contributed by atoms with E-state index in [2.05, 4.69) is 22.1 Å². The molecule has 4 aromatic rings. The van der Waals surface area contributed by atoms with Crippen LogP contribution in [0.5, 0.6) is 0 Å². The lowest BCUT2D eigenvalue weighted by molar-refractivity contribution is 0.0780. The largest absolute Gasteiger partial charge is 0.459 e. The molecular formula is C23H19N5O2S. The van der Waals surface area contributed by atoms with Gasteiger partial charge in [-0.15, -0.1) is 11.3 Å². The average molecular weight is 430 g/mol. The second-order valence-corrected chi connectivity index (χ2v) is 7.87. The number of aromatic nitrogens is 4. The van der Waals surface area contributed by atoms with Crippen molar-refractivity contribution in [1.29, 1.82) is 0 Å². The molecule has 154 valence electrons. The van der Waals surface area contributed by atoms with Crippen LogP contribution < -0.4 is 4.90 Å². The minimum absolute atomic E-state index is 0.183. The molecule has 5 rings (SSSR count). The van der Waals surface area contributed by atoms with Crippen molar-refractivity contribution in [2.75, 3.05) is 11.7 Å². The molecule has 3 aromatic heterocycles. The summed E-state index contributed by atoms with van der Waals surface area (Å²) >= 11 is 1.59. The highest BCUT2D eigenvalue weighted by Crippen LogP contribution is 2.34. The van der Waals surface area contributed by atoms with Crippen molar-refractivity contribution < 1.29 is 9.47 Å². The first kappa shape index (κ1) is 19.2. The van der Waals surface area contributed by atoms with Gasteiger partial charge in [-0.25, -0.2) is 15.0 Å². The molecule has 1 aromatic carbocycles. The fraction of sp³-hybridized carbons (Fsp3) is 0.130. The number of ether oxygens (including phenoxy) is 2. The summed E-state index contributed by atoms with van der Waals surface area (Å²) in [6.07, 6.45) is 6.93. The number of thiazole rings is 1. The number of aryl methyl sites for hydroxylation is 1. The summed E-state index contributed by atoms with van der Waals surface area (Å²) < 4.78 is 10.9. The maximum Gasteiger partial charge on any atom is 0.235 e. The monoisotopic (exact) mass is 429 g/mol. The summed E-state index contributed by atoms with van der Waals surface area (Å²) in [5, 5.41) is 0.914. The summed E-state index contributed by atoms with van der Waals surface area (Å²) in [5.74, 6) is 1.12. The van der Waals surface area contributed by atoms with Gasteiger partial charge >= 0.3 is 0 Å². The SMILES string of the molecule is Cc1nc(-c2cccnc2)sc1-c1ccnc(N(Cc2ccccc2)C2=COCO2)n1. The van der Waals surface area contributed by atoms with E-state index in [9.17, 15) is 0 Å². The summed E-state index contributed by atoms with van der Waals surface area (Å²) in [5.41, 5.74) is 3.83. The van der Waals surface area contributed by atoms with Crippen LogP contribution in [0.25, 0.3) is 21.1 Å². The predicted octanol–water partition coefficient (Wildman–Crippen LogP) is 4.78. The lowest BCUT2D eigenvalue weighted by Crippen LogP contribution is -2.24. The van der Waals surface area contributed by atoms with E-state index >= 15 is 0 Å². The van der Waals surface area contributed by atoms with Crippen LogP contribution in [0.3, 0.4) is 0 Å². The second-order valence-electron chi connectivity index (χ2n) is 6.87. The first-order valence-electron chi connectivity index (χ1n) is 9.75.